The smallest absolute Gasteiger partial charge is 0.246 e. The van der Waals surface area contributed by atoms with Crippen molar-refractivity contribution in [2.24, 2.45) is 5.92 Å². The van der Waals surface area contributed by atoms with Gasteiger partial charge in [0.25, 0.3) is 0 Å². The minimum Gasteiger partial charge on any atom is -0.379 e. The number of morpholine rings is 1. The van der Waals surface area contributed by atoms with Gasteiger partial charge in [-0.1, -0.05) is 48.5 Å². The van der Waals surface area contributed by atoms with E-state index in [9.17, 15) is 9.59 Å². The fourth-order valence-electron chi connectivity index (χ4n) is 3.81. The third-order valence-electron chi connectivity index (χ3n) is 5.32. The molecule has 0 spiro atoms. The van der Waals surface area contributed by atoms with Crippen molar-refractivity contribution in [2.45, 2.75) is 12.8 Å². The van der Waals surface area contributed by atoms with Gasteiger partial charge in [-0.2, -0.15) is 0 Å². The van der Waals surface area contributed by atoms with Gasteiger partial charge in [0.1, 0.15) is 5.92 Å². The number of carbonyl (C=O) groups excluding carboxylic acids is 2. The van der Waals surface area contributed by atoms with E-state index in [2.05, 4.69) is 23.6 Å². The predicted octanol–water partition coefficient (Wildman–Crippen LogP) is 1.99. The first-order valence-electron chi connectivity index (χ1n) is 9.79. The molecule has 2 amide bonds. The van der Waals surface area contributed by atoms with Crippen LogP contribution in [0.25, 0.3) is 0 Å². The summed E-state index contributed by atoms with van der Waals surface area (Å²) in [6.45, 7) is 3.05. The van der Waals surface area contributed by atoms with E-state index < -0.39 is 5.92 Å². The Morgan fingerprint density at radius 3 is 2.50 bits per heavy atom. The van der Waals surface area contributed by atoms with E-state index in [1.807, 2.05) is 41.4 Å². The van der Waals surface area contributed by atoms with Crippen LogP contribution >= 0.6 is 0 Å². The molecule has 0 radical (unpaired) electrons. The van der Waals surface area contributed by atoms with Crippen LogP contribution < -0.4 is 10.3 Å². The summed E-state index contributed by atoms with van der Waals surface area (Å²) in [6, 6.07) is 18.2. The highest BCUT2D eigenvalue weighted by Gasteiger charge is 2.38. The van der Waals surface area contributed by atoms with Gasteiger partial charge in [0.05, 0.1) is 13.2 Å². The largest absolute Gasteiger partial charge is 0.379 e. The first kappa shape index (κ1) is 18.7. The van der Waals surface area contributed by atoms with Crippen molar-refractivity contribution < 1.29 is 14.3 Å². The predicted molar refractivity (Wildman–Crippen MR) is 107 cm³/mol. The normalized spacial score (nSPS) is 20.4. The number of hydrazine groups is 1. The first-order chi connectivity index (χ1) is 13.7. The molecule has 28 heavy (non-hydrogen) atoms. The summed E-state index contributed by atoms with van der Waals surface area (Å²) in [5, 5.41) is 1.84. The van der Waals surface area contributed by atoms with E-state index in [4.69, 9.17) is 4.74 Å². The van der Waals surface area contributed by atoms with Crippen molar-refractivity contribution in [3.05, 3.63) is 65.7 Å². The second-order valence-electron chi connectivity index (χ2n) is 7.20. The molecule has 1 atom stereocenters. The highest BCUT2D eigenvalue weighted by molar-refractivity contribution is 6.09. The monoisotopic (exact) mass is 379 g/mol. The Morgan fingerprint density at radius 2 is 1.71 bits per heavy atom. The van der Waals surface area contributed by atoms with E-state index in [0.717, 1.165) is 17.7 Å². The molecular weight excluding hydrogens is 354 g/mol. The molecule has 2 aliphatic heterocycles. The van der Waals surface area contributed by atoms with Crippen LogP contribution in [0, 0.1) is 5.92 Å². The fourth-order valence-corrected chi connectivity index (χ4v) is 3.81. The Bertz CT molecular complexity index is 834. The zero-order chi connectivity index (χ0) is 19.3. The third kappa shape index (κ3) is 4.08. The highest BCUT2D eigenvalue weighted by Crippen LogP contribution is 2.30. The SMILES string of the molecule is O=C(NN1CCOCC1)[C@H]1CCN(c2ccccc2Cc2ccccc2)C1=O. The van der Waals surface area contributed by atoms with Gasteiger partial charge in [-0.3, -0.25) is 15.0 Å². The van der Waals surface area contributed by atoms with Gasteiger partial charge in [-0.25, -0.2) is 5.01 Å². The van der Waals surface area contributed by atoms with Crippen molar-refractivity contribution >= 4 is 17.5 Å². The maximum absolute atomic E-state index is 13.0. The molecule has 2 aromatic carbocycles. The van der Waals surface area contributed by atoms with Crippen molar-refractivity contribution in [3.8, 4) is 0 Å². The molecular formula is C22H25N3O3. The summed E-state index contributed by atoms with van der Waals surface area (Å²) < 4.78 is 5.30. The summed E-state index contributed by atoms with van der Waals surface area (Å²) in [5.74, 6) is -0.964. The Kier molecular flexibility index (Phi) is 5.69. The van der Waals surface area contributed by atoms with Crippen molar-refractivity contribution in [2.75, 3.05) is 37.7 Å². The summed E-state index contributed by atoms with van der Waals surface area (Å²) in [6.07, 6.45) is 1.29. The Labute approximate surface area is 165 Å². The Hall–Kier alpha value is -2.70. The molecule has 1 N–H and O–H groups in total. The number of nitrogens with zero attached hydrogens (tertiary/aromatic N) is 2. The molecule has 6 nitrogen and oxygen atoms in total. The molecule has 0 aromatic heterocycles. The van der Waals surface area contributed by atoms with Crippen LogP contribution in [0.3, 0.4) is 0 Å². The summed E-state index contributed by atoms with van der Waals surface area (Å²) >= 11 is 0. The van der Waals surface area contributed by atoms with E-state index in [1.54, 1.807) is 4.90 Å². The second-order valence-corrected chi connectivity index (χ2v) is 7.20. The van der Waals surface area contributed by atoms with E-state index in [0.29, 0.717) is 39.3 Å². The number of anilines is 1. The van der Waals surface area contributed by atoms with Crippen LogP contribution in [-0.2, 0) is 20.7 Å². The Balaban J connectivity index is 1.47. The number of nitrogens with one attached hydrogen (secondary N) is 1. The van der Waals surface area contributed by atoms with Gasteiger partial charge in [0.15, 0.2) is 0 Å². The average molecular weight is 379 g/mol. The number of hydrogen-bond acceptors (Lipinski definition) is 4. The molecule has 0 aliphatic carbocycles. The lowest BCUT2D eigenvalue weighted by Crippen LogP contribution is -2.51. The number of para-hydroxylation sites is 1. The van der Waals surface area contributed by atoms with Crippen LogP contribution in [0.15, 0.2) is 54.6 Å². The first-order valence-corrected chi connectivity index (χ1v) is 9.79. The van der Waals surface area contributed by atoms with Crippen LogP contribution in [-0.4, -0.2) is 49.7 Å². The third-order valence-corrected chi connectivity index (χ3v) is 5.32. The zero-order valence-corrected chi connectivity index (χ0v) is 15.8. The fraction of sp³-hybridized carbons (Fsp3) is 0.364. The molecule has 2 fully saturated rings. The van der Waals surface area contributed by atoms with E-state index in [1.165, 1.54) is 5.56 Å². The van der Waals surface area contributed by atoms with Crippen molar-refractivity contribution in [3.63, 3.8) is 0 Å². The lowest BCUT2D eigenvalue weighted by Gasteiger charge is -2.28. The van der Waals surface area contributed by atoms with Crippen LogP contribution in [0.2, 0.25) is 0 Å². The van der Waals surface area contributed by atoms with Gasteiger partial charge in [0, 0.05) is 25.3 Å². The molecule has 4 rings (SSSR count). The van der Waals surface area contributed by atoms with Gasteiger partial charge < -0.3 is 9.64 Å². The summed E-state index contributed by atoms with van der Waals surface area (Å²) in [4.78, 5) is 27.4. The summed E-state index contributed by atoms with van der Waals surface area (Å²) in [7, 11) is 0. The Morgan fingerprint density at radius 1 is 1.00 bits per heavy atom. The molecule has 2 aromatic rings. The molecule has 2 heterocycles. The van der Waals surface area contributed by atoms with Gasteiger partial charge in [0.2, 0.25) is 11.8 Å². The minimum atomic E-state index is -0.632. The number of carbonyl (C=O) groups is 2. The minimum absolute atomic E-state index is 0.119. The second kappa shape index (κ2) is 8.54. The molecule has 6 heteroatoms. The number of amides is 2. The van der Waals surface area contributed by atoms with E-state index >= 15 is 0 Å². The van der Waals surface area contributed by atoms with Crippen LogP contribution in [0.4, 0.5) is 5.69 Å². The number of benzene rings is 2. The van der Waals surface area contributed by atoms with Gasteiger partial charge >= 0.3 is 0 Å². The lowest BCUT2D eigenvalue weighted by molar-refractivity contribution is -0.137. The molecule has 146 valence electrons. The number of ether oxygens (including phenoxy) is 1. The molecule has 2 aliphatic rings. The molecule has 0 unspecified atom stereocenters. The number of rotatable bonds is 5. The van der Waals surface area contributed by atoms with Gasteiger partial charge in [-0.15, -0.1) is 0 Å². The lowest BCUT2D eigenvalue weighted by atomic mass is 10.0. The maximum atomic E-state index is 13.0. The zero-order valence-electron chi connectivity index (χ0n) is 15.8. The van der Waals surface area contributed by atoms with Crippen LogP contribution in [0.5, 0.6) is 0 Å². The molecule has 2 saturated heterocycles. The maximum Gasteiger partial charge on any atom is 0.246 e. The quantitative estimate of drug-likeness (QED) is 0.807. The highest BCUT2D eigenvalue weighted by atomic mass is 16.5. The standard InChI is InChI=1S/C22H25N3O3/c26-21(23-24-12-14-28-15-13-24)19-10-11-25(22(19)27)20-9-5-4-8-18(20)16-17-6-2-1-3-7-17/h1-9,19H,10-16H2,(H,23,26)/t19-/m1/s1. The number of hydrogen-bond donors (Lipinski definition) is 1. The van der Waals surface area contributed by atoms with Gasteiger partial charge in [-0.05, 0) is 30.0 Å². The van der Waals surface area contributed by atoms with Crippen LogP contribution in [0.1, 0.15) is 17.5 Å². The van der Waals surface area contributed by atoms with Crippen molar-refractivity contribution in [1.82, 2.24) is 10.4 Å². The average Bonchev–Trinajstić information content (AvgIpc) is 3.11. The molecule has 0 saturated carbocycles. The van der Waals surface area contributed by atoms with Crippen molar-refractivity contribution in [1.29, 1.82) is 0 Å². The van der Waals surface area contributed by atoms with E-state index in [-0.39, 0.29) is 11.8 Å². The summed E-state index contributed by atoms with van der Waals surface area (Å²) in [5.41, 5.74) is 6.08. The molecule has 0 bridgehead atoms. The topological polar surface area (TPSA) is 61.9 Å².